The van der Waals surface area contributed by atoms with Crippen LogP contribution in [0.3, 0.4) is 0 Å². The van der Waals surface area contributed by atoms with E-state index < -0.39 is 0 Å². The Morgan fingerprint density at radius 3 is 2.81 bits per heavy atom. The molecule has 3 aromatic rings. The molecule has 1 aliphatic heterocycles. The Bertz CT molecular complexity index is 970. The van der Waals surface area contributed by atoms with Crippen LogP contribution in [0, 0.1) is 0 Å². The van der Waals surface area contributed by atoms with Gasteiger partial charge in [-0.25, -0.2) is 0 Å². The molecule has 1 aromatic heterocycles. The summed E-state index contributed by atoms with van der Waals surface area (Å²) in [5.74, 6) is 1.33. The van der Waals surface area contributed by atoms with Crippen LogP contribution in [0.5, 0.6) is 11.5 Å². The molecule has 4 rings (SSSR count). The van der Waals surface area contributed by atoms with Crippen molar-refractivity contribution in [1.29, 1.82) is 0 Å². The number of fused-ring (bicyclic) bond motifs is 1. The van der Waals surface area contributed by atoms with Crippen molar-refractivity contribution in [3.05, 3.63) is 59.0 Å². The van der Waals surface area contributed by atoms with Crippen molar-refractivity contribution in [2.24, 2.45) is 0 Å². The van der Waals surface area contributed by atoms with Gasteiger partial charge < -0.3 is 18.6 Å². The Morgan fingerprint density at radius 2 is 2.00 bits per heavy atom. The monoisotopic (exact) mass is 352 g/mol. The van der Waals surface area contributed by atoms with Crippen molar-refractivity contribution in [2.45, 2.75) is 25.6 Å². The fraction of sp³-hybridized carbons (Fsp3) is 0.286. The molecule has 2 heterocycles. The van der Waals surface area contributed by atoms with Crippen LogP contribution >= 0.6 is 0 Å². The third kappa shape index (κ3) is 3.30. The molecular formula is C21H20O5. The van der Waals surface area contributed by atoms with Crippen LogP contribution in [0.15, 0.2) is 57.9 Å². The van der Waals surface area contributed by atoms with Gasteiger partial charge in [-0.3, -0.25) is 4.79 Å². The van der Waals surface area contributed by atoms with E-state index in [-0.39, 0.29) is 11.7 Å². The minimum atomic E-state index is -0.232. The van der Waals surface area contributed by atoms with E-state index in [9.17, 15) is 4.79 Å². The summed E-state index contributed by atoms with van der Waals surface area (Å²) in [4.78, 5) is 12.9. The predicted octanol–water partition coefficient (Wildman–Crippen LogP) is 4.37. The standard InChI is InChI=1S/C21H20O5/c1-23-15-6-4-5-14(11-15)18-13-25-19-12-16(8-9-17(19)21(18)22)26-20-7-2-3-10-24-20/h4-6,8-9,11-13,20H,2-3,7,10H2,1H3. The number of methoxy groups -OCH3 is 1. The van der Waals surface area contributed by atoms with E-state index in [1.165, 1.54) is 6.26 Å². The second-order valence-corrected chi connectivity index (χ2v) is 6.28. The van der Waals surface area contributed by atoms with Crippen LogP contribution in [-0.4, -0.2) is 20.0 Å². The summed E-state index contributed by atoms with van der Waals surface area (Å²) in [5, 5.41) is 0.516. The number of ether oxygens (including phenoxy) is 3. The van der Waals surface area contributed by atoms with Crippen LogP contribution < -0.4 is 14.9 Å². The average molecular weight is 352 g/mol. The van der Waals surface area contributed by atoms with E-state index in [0.717, 1.165) is 31.4 Å². The number of hydrogen-bond donors (Lipinski definition) is 0. The third-order valence-corrected chi connectivity index (χ3v) is 4.53. The van der Waals surface area contributed by atoms with Gasteiger partial charge in [0.2, 0.25) is 0 Å². The summed E-state index contributed by atoms with van der Waals surface area (Å²) >= 11 is 0. The molecule has 1 unspecified atom stereocenters. The molecule has 0 radical (unpaired) electrons. The quantitative estimate of drug-likeness (QED) is 0.698. The van der Waals surface area contributed by atoms with E-state index >= 15 is 0 Å². The second kappa shape index (κ2) is 7.22. The first-order chi connectivity index (χ1) is 12.7. The highest BCUT2D eigenvalue weighted by molar-refractivity contribution is 5.82. The lowest BCUT2D eigenvalue weighted by Gasteiger charge is -2.23. The van der Waals surface area contributed by atoms with Crippen molar-refractivity contribution in [3.63, 3.8) is 0 Å². The molecule has 1 aliphatic rings. The smallest absolute Gasteiger partial charge is 0.200 e. The van der Waals surface area contributed by atoms with Gasteiger partial charge in [-0.05, 0) is 42.7 Å². The van der Waals surface area contributed by atoms with Crippen LogP contribution in [0.4, 0.5) is 0 Å². The summed E-state index contributed by atoms with van der Waals surface area (Å²) in [6.45, 7) is 0.719. The van der Waals surface area contributed by atoms with Gasteiger partial charge in [-0.1, -0.05) is 12.1 Å². The zero-order chi connectivity index (χ0) is 17.9. The summed E-state index contributed by atoms with van der Waals surface area (Å²) in [6.07, 6.45) is 4.29. The molecule has 2 aromatic carbocycles. The van der Waals surface area contributed by atoms with Crippen LogP contribution in [0.25, 0.3) is 22.1 Å². The highest BCUT2D eigenvalue weighted by atomic mass is 16.7. The molecule has 0 amide bonds. The van der Waals surface area contributed by atoms with Crippen LogP contribution in [-0.2, 0) is 4.74 Å². The summed E-state index contributed by atoms with van der Waals surface area (Å²) in [7, 11) is 1.60. The van der Waals surface area contributed by atoms with Gasteiger partial charge in [0, 0.05) is 12.5 Å². The van der Waals surface area contributed by atoms with Gasteiger partial charge >= 0.3 is 0 Å². The molecule has 1 atom stereocenters. The lowest BCUT2D eigenvalue weighted by atomic mass is 10.1. The zero-order valence-electron chi connectivity index (χ0n) is 14.6. The maximum Gasteiger partial charge on any atom is 0.200 e. The van der Waals surface area contributed by atoms with Gasteiger partial charge in [0.25, 0.3) is 0 Å². The van der Waals surface area contributed by atoms with E-state index in [1.807, 2.05) is 24.3 Å². The summed E-state index contributed by atoms with van der Waals surface area (Å²) in [5.41, 5.74) is 1.67. The number of benzene rings is 2. The minimum absolute atomic E-state index is 0.0834. The van der Waals surface area contributed by atoms with E-state index in [0.29, 0.717) is 28.0 Å². The third-order valence-electron chi connectivity index (χ3n) is 4.53. The molecule has 1 saturated heterocycles. The Morgan fingerprint density at radius 1 is 1.08 bits per heavy atom. The van der Waals surface area contributed by atoms with Crippen LogP contribution in [0.1, 0.15) is 19.3 Å². The van der Waals surface area contributed by atoms with Crippen molar-refractivity contribution in [2.75, 3.05) is 13.7 Å². The highest BCUT2D eigenvalue weighted by Crippen LogP contribution is 2.26. The molecule has 0 saturated carbocycles. The maximum atomic E-state index is 12.9. The van der Waals surface area contributed by atoms with E-state index in [4.69, 9.17) is 18.6 Å². The van der Waals surface area contributed by atoms with Crippen molar-refractivity contribution < 1.29 is 18.6 Å². The molecule has 1 fully saturated rings. The van der Waals surface area contributed by atoms with Gasteiger partial charge in [-0.15, -0.1) is 0 Å². The van der Waals surface area contributed by atoms with Gasteiger partial charge in [-0.2, -0.15) is 0 Å². The highest BCUT2D eigenvalue weighted by Gasteiger charge is 2.16. The minimum Gasteiger partial charge on any atom is -0.497 e. The molecule has 134 valence electrons. The lowest BCUT2D eigenvalue weighted by molar-refractivity contribution is -0.105. The Labute approximate surface area is 151 Å². The van der Waals surface area contributed by atoms with E-state index in [1.54, 1.807) is 25.3 Å². The molecule has 5 heteroatoms. The van der Waals surface area contributed by atoms with Crippen molar-refractivity contribution in [3.8, 4) is 22.6 Å². The Kier molecular flexibility index (Phi) is 4.63. The molecule has 5 nitrogen and oxygen atoms in total. The lowest BCUT2D eigenvalue weighted by Crippen LogP contribution is -2.24. The molecule has 0 N–H and O–H groups in total. The first-order valence-corrected chi connectivity index (χ1v) is 8.73. The molecule has 0 bridgehead atoms. The fourth-order valence-electron chi connectivity index (χ4n) is 3.13. The Hall–Kier alpha value is -2.79. The predicted molar refractivity (Wildman–Crippen MR) is 98.7 cm³/mol. The zero-order valence-corrected chi connectivity index (χ0v) is 14.6. The molecule has 0 spiro atoms. The van der Waals surface area contributed by atoms with Crippen LogP contribution in [0.2, 0.25) is 0 Å². The largest absolute Gasteiger partial charge is 0.497 e. The van der Waals surface area contributed by atoms with Gasteiger partial charge in [0.1, 0.15) is 23.3 Å². The molecule has 0 aliphatic carbocycles. The normalized spacial score (nSPS) is 17.2. The first-order valence-electron chi connectivity index (χ1n) is 8.73. The molecular weight excluding hydrogens is 332 g/mol. The molecule has 26 heavy (non-hydrogen) atoms. The van der Waals surface area contributed by atoms with Crippen molar-refractivity contribution >= 4 is 11.0 Å². The van der Waals surface area contributed by atoms with Gasteiger partial charge in [0.15, 0.2) is 11.7 Å². The van der Waals surface area contributed by atoms with Gasteiger partial charge in [0.05, 0.1) is 24.7 Å². The number of rotatable bonds is 4. The maximum absolute atomic E-state index is 12.9. The average Bonchev–Trinajstić information content (AvgIpc) is 2.69. The van der Waals surface area contributed by atoms with E-state index in [2.05, 4.69) is 0 Å². The summed E-state index contributed by atoms with van der Waals surface area (Å²) < 4.78 is 22.4. The Balaban J connectivity index is 1.67. The second-order valence-electron chi connectivity index (χ2n) is 6.28. The topological polar surface area (TPSA) is 57.9 Å². The first kappa shape index (κ1) is 16.7. The fourth-order valence-corrected chi connectivity index (χ4v) is 3.13. The number of hydrogen-bond acceptors (Lipinski definition) is 5. The van der Waals surface area contributed by atoms with Crippen molar-refractivity contribution in [1.82, 2.24) is 0 Å². The summed E-state index contributed by atoms with van der Waals surface area (Å²) in [6, 6.07) is 12.6. The SMILES string of the molecule is COc1cccc(-c2coc3cc(OC4CCCCO4)ccc3c2=O)c1.